The van der Waals surface area contributed by atoms with Crippen LogP contribution in [0.15, 0.2) is 54.6 Å². The van der Waals surface area contributed by atoms with Crippen LogP contribution in [0.1, 0.15) is 23.5 Å². The number of benzene rings is 2. The summed E-state index contributed by atoms with van der Waals surface area (Å²) in [7, 11) is -2.41. The molecule has 3 rings (SSSR count). The Hall–Kier alpha value is -1.82. The average Bonchev–Trinajstić information content (AvgIpc) is 3.14. The van der Waals surface area contributed by atoms with Crippen LogP contribution in [0.3, 0.4) is 0 Å². The molecule has 154 valence electrons. The van der Waals surface area contributed by atoms with Crippen molar-refractivity contribution in [2.75, 3.05) is 12.2 Å². The standard InChI is InChI=1S/C18H14Cl2NO4PS.C2H6/c1-25-26(24,15-8-7-12(19)9-13(15)20)21-14-10-16(27-17(14)18(22)23)11-5-3-2-4-6-11;1-2/h2-10H,1H3,(H,21,24)(H,22,23);1-2H3. The molecule has 1 aromatic heterocycles. The maximum Gasteiger partial charge on any atom is 0.348 e. The van der Waals surface area contributed by atoms with E-state index in [1.807, 2.05) is 44.2 Å². The summed E-state index contributed by atoms with van der Waals surface area (Å²) in [6.07, 6.45) is 0. The summed E-state index contributed by atoms with van der Waals surface area (Å²) >= 11 is 13.1. The minimum atomic E-state index is -3.67. The topological polar surface area (TPSA) is 75.6 Å². The highest BCUT2D eigenvalue weighted by Crippen LogP contribution is 2.49. The summed E-state index contributed by atoms with van der Waals surface area (Å²) in [5, 5.41) is 13.1. The first-order chi connectivity index (χ1) is 13.8. The molecule has 1 unspecified atom stereocenters. The molecule has 0 saturated carbocycles. The van der Waals surface area contributed by atoms with Gasteiger partial charge in [-0.2, -0.15) is 0 Å². The van der Waals surface area contributed by atoms with E-state index in [9.17, 15) is 14.5 Å². The summed E-state index contributed by atoms with van der Waals surface area (Å²) in [5.74, 6) is -1.13. The van der Waals surface area contributed by atoms with Crippen LogP contribution in [0, 0.1) is 0 Å². The number of aromatic carboxylic acids is 1. The van der Waals surface area contributed by atoms with E-state index in [0.29, 0.717) is 5.02 Å². The zero-order valence-corrected chi connectivity index (χ0v) is 19.2. The fourth-order valence-corrected chi connectivity index (χ4v) is 5.75. The van der Waals surface area contributed by atoms with Gasteiger partial charge in [-0.15, -0.1) is 11.3 Å². The molecule has 0 aliphatic carbocycles. The lowest BCUT2D eigenvalue weighted by Gasteiger charge is -2.19. The molecule has 0 saturated heterocycles. The van der Waals surface area contributed by atoms with Gasteiger partial charge in [-0.3, -0.25) is 4.57 Å². The Bertz CT molecular complexity index is 1040. The highest BCUT2D eigenvalue weighted by molar-refractivity contribution is 7.68. The molecule has 2 aromatic carbocycles. The van der Waals surface area contributed by atoms with Gasteiger partial charge in [0.2, 0.25) is 0 Å². The van der Waals surface area contributed by atoms with Crippen LogP contribution in [0.4, 0.5) is 5.69 Å². The highest BCUT2D eigenvalue weighted by atomic mass is 35.5. The van der Waals surface area contributed by atoms with Crippen molar-refractivity contribution in [3.8, 4) is 10.4 Å². The van der Waals surface area contributed by atoms with Crippen molar-refractivity contribution in [2.24, 2.45) is 0 Å². The molecule has 0 aliphatic rings. The number of carboxylic acid groups (broad SMARTS) is 1. The van der Waals surface area contributed by atoms with E-state index in [1.165, 1.54) is 25.3 Å². The second-order valence-corrected chi connectivity index (χ2v) is 9.54. The van der Waals surface area contributed by atoms with Crippen LogP contribution >= 0.6 is 42.1 Å². The van der Waals surface area contributed by atoms with Gasteiger partial charge in [-0.1, -0.05) is 67.4 Å². The van der Waals surface area contributed by atoms with Gasteiger partial charge in [0.15, 0.2) is 0 Å². The van der Waals surface area contributed by atoms with Gasteiger partial charge in [0.25, 0.3) is 0 Å². The number of carboxylic acids is 1. The summed E-state index contributed by atoms with van der Waals surface area (Å²) in [5.41, 5.74) is 1.05. The van der Waals surface area contributed by atoms with Gasteiger partial charge >= 0.3 is 13.5 Å². The first kappa shape index (κ1) is 23.5. The molecular weight excluding hydrogens is 452 g/mol. The first-order valence-corrected chi connectivity index (χ1v) is 11.9. The summed E-state index contributed by atoms with van der Waals surface area (Å²) in [6, 6.07) is 15.4. The van der Waals surface area contributed by atoms with Crippen LogP contribution in [0.25, 0.3) is 10.4 Å². The maximum atomic E-state index is 13.4. The van der Waals surface area contributed by atoms with Crippen LogP contribution in [0.5, 0.6) is 0 Å². The van der Waals surface area contributed by atoms with E-state index < -0.39 is 13.5 Å². The summed E-state index contributed by atoms with van der Waals surface area (Å²) in [4.78, 5) is 12.4. The van der Waals surface area contributed by atoms with Gasteiger partial charge in [0, 0.05) is 17.0 Å². The molecule has 5 nitrogen and oxygen atoms in total. The van der Waals surface area contributed by atoms with Crippen molar-refractivity contribution < 1.29 is 19.0 Å². The van der Waals surface area contributed by atoms with Crippen molar-refractivity contribution in [1.82, 2.24) is 0 Å². The lowest BCUT2D eigenvalue weighted by molar-refractivity contribution is 0.0703. The Balaban J connectivity index is 0.00000145. The fraction of sp³-hybridized carbons (Fsp3) is 0.150. The normalized spacial score (nSPS) is 12.4. The molecule has 0 radical (unpaired) electrons. The molecular formula is C20H20Cl2NO4PS. The number of hydrogen-bond donors (Lipinski definition) is 2. The van der Waals surface area contributed by atoms with Gasteiger partial charge < -0.3 is 14.7 Å². The van der Waals surface area contributed by atoms with Crippen molar-refractivity contribution in [3.05, 3.63) is 69.5 Å². The number of carbonyl (C=O) groups is 1. The lowest BCUT2D eigenvalue weighted by atomic mass is 10.2. The molecule has 2 N–H and O–H groups in total. The van der Waals surface area contributed by atoms with E-state index in [4.69, 9.17) is 27.7 Å². The smallest absolute Gasteiger partial charge is 0.348 e. The third-order valence-corrected chi connectivity index (χ3v) is 7.66. The molecule has 1 atom stereocenters. The molecule has 9 heteroatoms. The highest BCUT2D eigenvalue weighted by Gasteiger charge is 2.30. The molecule has 29 heavy (non-hydrogen) atoms. The van der Waals surface area contributed by atoms with Gasteiger partial charge in [-0.05, 0) is 29.8 Å². The third-order valence-electron chi connectivity index (χ3n) is 3.74. The van der Waals surface area contributed by atoms with E-state index in [2.05, 4.69) is 5.09 Å². The Morgan fingerprint density at radius 1 is 1.10 bits per heavy atom. The van der Waals surface area contributed by atoms with Crippen molar-refractivity contribution in [2.45, 2.75) is 13.8 Å². The van der Waals surface area contributed by atoms with Crippen LogP contribution in [-0.2, 0) is 9.09 Å². The number of anilines is 1. The number of rotatable bonds is 6. The maximum absolute atomic E-state index is 13.4. The minimum absolute atomic E-state index is 0.0243. The second-order valence-electron chi connectivity index (χ2n) is 5.47. The predicted octanol–water partition coefficient (Wildman–Crippen LogP) is 7.02. The monoisotopic (exact) mass is 471 g/mol. The van der Waals surface area contributed by atoms with E-state index in [0.717, 1.165) is 21.8 Å². The molecule has 0 amide bonds. The second kappa shape index (κ2) is 10.3. The van der Waals surface area contributed by atoms with E-state index in [1.54, 1.807) is 6.07 Å². The molecule has 0 bridgehead atoms. The number of nitrogens with one attached hydrogen (secondary N) is 1. The van der Waals surface area contributed by atoms with E-state index >= 15 is 0 Å². The Kier molecular flexibility index (Phi) is 8.32. The first-order valence-electron chi connectivity index (χ1n) is 8.66. The Morgan fingerprint density at radius 2 is 1.76 bits per heavy atom. The third kappa shape index (κ3) is 5.41. The average molecular weight is 472 g/mol. The predicted molar refractivity (Wildman–Crippen MR) is 122 cm³/mol. The molecule has 1 heterocycles. The molecule has 0 spiro atoms. The Morgan fingerprint density at radius 3 is 2.31 bits per heavy atom. The summed E-state index contributed by atoms with van der Waals surface area (Å²) < 4.78 is 18.6. The van der Waals surface area contributed by atoms with Crippen molar-refractivity contribution in [1.29, 1.82) is 0 Å². The minimum Gasteiger partial charge on any atom is -0.477 e. The van der Waals surface area contributed by atoms with Crippen LogP contribution in [0.2, 0.25) is 10.0 Å². The van der Waals surface area contributed by atoms with Gasteiger partial charge in [0.1, 0.15) is 4.88 Å². The van der Waals surface area contributed by atoms with Gasteiger partial charge in [0.05, 0.1) is 16.0 Å². The van der Waals surface area contributed by atoms with Crippen molar-refractivity contribution in [3.63, 3.8) is 0 Å². The zero-order valence-electron chi connectivity index (χ0n) is 16.0. The van der Waals surface area contributed by atoms with Gasteiger partial charge in [-0.25, -0.2) is 4.79 Å². The quantitative estimate of drug-likeness (QED) is 0.377. The lowest BCUT2D eigenvalue weighted by Crippen LogP contribution is -2.15. The fourth-order valence-electron chi connectivity index (χ4n) is 2.46. The molecule has 0 fully saturated rings. The van der Waals surface area contributed by atoms with Crippen LogP contribution in [-0.4, -0.2) is 18.2 Å². The van der Waals surface area contributed by atoms with Crippen molar-refractivity contribution >= 4 is 59.0 Å². The zero-order chi connectivity index (χ0) is 21.6. The number of hydrogen-bond acceptors (Lipinski definition) is 4. The number of halogens is 2. The largest absolute Gasteiger partial charge is 0.477 e. The van der Waals surface area contributed by atoms with Crippen LogP contribution < -0.4 is 10.4 Å². The summed E-state index contributed by atoms with van der Waals surface area (Å²) in [6.45, 7) is 4.00. The Labute approximate surface area is 183 Å². The molecule has 3 aromatic rings. The van der Waals surface area contributed by atoms with E-state index in [-0.39, 0.29) is 20.9 Å². The SMILES string of the molecule is CC.COP(=O)(Nc1cc(-c2ccccc2)sc1C(=O)O)c1ccc(Cl)cc1Cl. The number of thiophene rings is 1. The molecule has 0 aliphatic heterocycles.